The number of hydrogen-bond acceptors (Lipinski definition) is 5. The van der Waals surface area contributed by atoms with Crippen molar-refractivity contribution in [2.75, 3.05) is 9.80 Å². The molecule has 1 heterocycles. The molecule has 0 saturated heterocycles. The van der Waals surface area contributed by atoms with Gasteiger partial charge in [-0.1, -0.05) is 36.4 Å². The fraction of sp³-hybridized carbons (Fsp3) is 0.286. The number of hydrogen-bond donors (Lipinski definition) is 1. The Kier molecular flexibility index (Phi) is 5.86. The van der Waals surface area contributed by atoms with Crippen molar-refractivity contribution in [3.05, 3.63) is 65.4 Å². The van der Waals surface area contributed by atoms with Gasteiger partial charge in [0.15, 0.2) is 0 Å². The summed E-state index contributed by atoms with van der Waals surface area (Å²) in [5.74, 6) is 1.38. The molecule has 0 radical (unpaired) electrons. The Bertz CT molecular complexity index is 849. The monoisotopic (exact) mass is 379 g/mol. The van der Waals surface area contributed by atoms with E-state index in [2.05, 4.69) is 76.7 Å². The van der Waals surface area contributed by atoms with E-state index in [-0.39, 0.29) is 12.1 Å². The summed E-state index contributed by atoms with van der Waals surface area (Å²) >= 11 is 5.40. The molecule has 5 nitrogen and oxygen atoms in total. The summed E-state index contributed by atoms with van der Waals surface area (Å²) in [5, 5.41) is 0. The van der Waals surface area contributed by atoms with Crippen LogP contribution in [0.2, 0.25) is 0 Å². The summed E-state index contributed by atoms with van der Waals surface area (Å²) in [6, 6.07) is 20.8. The first-order valence-electron chi connectivity index (χ1n) is 9.14. The summed E-state index contributed by atoms with van der Waals surface area (Å²) in [6.07, 6.45) is 0. The molecule has 140 valence electrons. The molecule has 1 aromatic heterocycles. The van der Waals surface area contributed by atoms with E-state index >= 15 is 0 Å². The van der Waals surface area contributed by atoms with Crippen LogP contribution in [0.25, 0.3) is 0 Å². The molecule has 0 saturated carbocycles. The van der Waals surface area contributed by atoms with E-state index in [1.165, 1.54) is 0 Å². The number of aromatic amines is 1. The second-order valence-electron chi connectivity index (χ2n) is 6.88. The molecule has 3 rings (SSSR count). The first kappa shape index (κ1) is 19.0. The molecule has 1 N–H and O–H groups in total. The first-order chi connectivity index (χ1) is 13.0. The molecule has 3 aromatic rings. The van der Waals surface area contributed by atoms with Gasteiger partial charge in [0.05, 0.1) is 0 Å². The highest BCUT2D eigenvalue weighted by atomic mass is 32.1. The van der Waals surface area contributed by atoms with Gasteiger partial charge in [-0.2, -0.15) is 9.97 Å². The molecule has 6 heteroatoms. The Morgan fingerprint density at radius 3 is 1.41 bits per heavy atom. The molecule has 0 aliphatic heterocycles. The van der Waals surface area contributed by atoms with Crippen LogP contribution in [0.4, 0.5) is 23.3 Å². The van der Waals surface area contributed by atoms with Gasteiger partial charge in [-0.15, -0.1) is 0 Å². The van der Waals surface area contributed by atoms with Gasteiger partial charge in [-0.3, -0.25) is 4.98 Å². The van der Waals surface area contributed by atoms with Crippen molar-refractivity contribution in [1.29, 1.82) is 0 Å². The number of nitrogens with zero attached hydrogens (tertiary/aromatic N) is 4. The van der Waals surface area contributed by atoms with E-state index in [0.29, 0.717) is 16.7 Å². The fourth-order valence-corrected chi connectivity index (χ4v) is 3.27. The van der Waals surface area contributed by atoms with Crippen molar-refractivity contribution in [2.24, 2.45) is 0 Å². The predicted molar refractivity (Wildman–Crippen MR) is 115 cm³/mol. The van der Waals surface area contributed by atoms with Crippen LogP contribution >= 0.6 is 12.2 Å². The summed E-state index contributed by atoms with van der Waals surface area (Å²) in [4.78, 5) is 16.7. The van der Waals surface area contributed by atoms with Crippen LogP contribution in [0.5, 0.6) is 0 Å². The Hall–Kier alpha value is -2.73. The molecule has 0 aliphatic rings. The second-order valence-corrected chi connectivity index (χ2v) is 7.24. The minimum Gasteiger partial charge on any atom is -0.309 e. The molecular formula is C21H25N5S. The van der Waals surface area contributed by atoms with Crippen molar-refractivity contribution in [1.82, 2.24) is 15.0 Å². The number of anilines is 4. The Balaban J connectivity index is 2.12. The van der Waals surface area contributed by atoms with Gasteiger partial charge < -0.3 is 9.80 Å². The van der Waals surface area contributed by atoms with Gasteiger partial charge >= 0.3 is 0 Å². The lowest BCUT2D eigenvalue weighted by atomic mass is 10.2. The smallest absolute Gasteiger partial charge is 0.225 e. The number of benzene rings is 2. The van der Waals surface area contributed by atoms with Gasteiger partial charge in [0.1, 0.15) is 0 Å². The van der Waals surface area contributed by atoms with Crippen molar-refractivity contribution in [3.63, 3.8) is 0 Å². The van der Waals surface area contributed by atoms with E-state index < -0.39 is 0 Å². The van der Waals surface area contributed by atoms with Gasteiger partial charge in [-0.25, -0.2) is 0 Å². The summed E-state index contributed by atoms with van der Waals surface area (Å²) in [7, 11) is 0. The number of nitrogens with one attached hydrogen (secondary N) is 1. The van der Waals surface area contributed by atoms with E-state index in [4.69, 9.17) is 12.2 Å². The first-order valence-corrected chi connectivity index (χ1v) is 9.55. The number of rotatable bonds is 6. The minimum atomic E-state index is 0.199. The highest BCUT2D eigenvalue weighted by Crippen LogP contribution is 2.29. The molecule has 0 spiro atoms. The van der Waals surface area contributed by atoms with E-state index in [9.17, 15) is 0 Å². The third-order valence-electron chi connectivity index (χ3n) is 4.18. The number of H-pyrrole nitrogens is 1. The average molecular weight is 380 g/mol. The number of aromatic nitrogens is 3. The lowest BCUT2D eigenvalue weighted by molar-refractivity contribution is 0.731. The van der Waals surface area contributed by atoms with Crippen LogP contribution in [0.15, 0.2) is 60.7 Å². The van der Waals surface area contributed by atoms with Crippen LogP contribution in [-0.4, -0.2) is 27.0 Å². The van der Waals surface area contributed by atoms with Gasteiger partial charge in [-0.05, 0) is 64.2 Å². The Labute approximate surface area is 165 Å². The van der Waals surface area contributed by atoms with Crippen LogP contribution < -0.4 is 9.80 Å². The van der Waals surface area contributed by atoms with Gasteiger partial charge in [0.25, 0.3) is 0 Å². The zero-order valence-corrected chi connectivity index (χ0v) is 16.9. The largest absolute Gasteiger partial charge is 0.309 e. The van der Waals surface area contributed by atoms with Crippen molar-refractivity contribution >= 4 is 35.5 Å². The number of para-hydroxylation sites is 2. The highest BCUT2D eigenvalue weighted by Gasteiger charge is 2.20. The molecule has 0 aliphatic carbocycles. The normalized spacial score (nSPS) is 11.0. The highest BCUT2D eigenvalue weighted by molar-refractivity contribution is 7.71. The van der Waals surface area contributed by atoms with E-state index in [1.807, 2.05) is 36.4 Å². The third-order valence-corrected chi connectivity index (χ3v) is 4.37. The molecular weight excluding hydrogens is 354 g/mol. The topological polar surface area (TPSA) is 48.1 Å². The van der Waals surface area contributed by atoms with Crippen molar-refractivity contribution < 1.29 is 0 Å². The lowest BCUT2D eigenvalue weighted by Crippen LogP contribution is -2.31. The molecule has 0 unspecified atom stereocenters. The minimum absolute atomic E-state index is 0.199. The summed E-state index contributed by atoms with van der Waals surface area (Å²) < 4.78 is 0.321. The maximum absolute atomic E-state index is 5.40. The van der Waals surface area contributed by atoms with Crippen LogP contribution in [-0.2, 0) is 0 Å². The summed E-state index contributed by atoms with van der Waals surface area (Å²) in [5.41, 5.74) is 2.11. The van der Waals surface area contributed by atoms with Crippen molar-refractivity contribution in [2.45, 2.75) is 39.8 Å². The average Bonchev–Trinajstić information content (AvgIpc) is 2.63. The SMILES string of the molecule is CC(C)N(c1ccccc1)c1nc(=S)nc(N(c2ccccc2)C(C)C)[nH]1. The summed E-state index contributed by atoms with van der Waals surface area (Å²) in [6.45, 7) is 8.51. The Morgan fingerprint density at radius 2 is 1.07 bits per heavy atom. The molecule has 0 bridgehead atoms. The third kappa shape index (κ3) is 4.34. The quantitative estimate of drug-likeness (QED) is 0.563. The van der Waals surface area contributed by atoms with Gasteiger partial charge in [0, 0.05) is 23.5 Å². The Morgan fingerprint density at radius 1 is 0.704 bits per heavy atom. The second kappa shape index (κ2) is 8.31. The predicted octanol–water partition coefficient (Wildman–Crippen LogP) is 5.63. The molecule has 0 atom stereocenters. The standard InChI is InChI=1S/C21H25N5S/c1-15(2)25(17-11-7-5-8-12-17)19-22-20(24-21(27)23-19)26(16(3)4)18-13-9-6-10-14-18/h5-16H,1-4H3,(H,22,23,24,27). The molecule has 27 heavy (non-hydrogen) atoms. The molecule has 2 aromatic carbocycles. The van der Waals surface area contributed by atoms with Crippen molar-refractivity contribution in [3.8, 4) is 0 Å². The lowest BCUT2D eigenvalue weighted by Gasteiger charge is -2.31. The van der Waals surface area contributed by atoms with Gasteiger partial charge in [0.2, 0.25) is 16.7 Å². The zero-order chi connectivity index (χ0) is 19.4. The van der Waals surface area contributed by atoms with E-state index in [1.54, 1.807) is 0 Å². The maximum atomic E-state index is 5.40. The fourth-order valence-electron chi connectivity index (χ4n) is 3.10. The molecule has 0 fully saturated rings. The maximum Gasteiger partial charge on any atom is 0.225 e. The molecule has 0 amide bonds. The van der Waals surface area contributed by atoms with Crippen LogP contribution in [0.1, 0.15) is 27.7 Å². The zero-order valence-electron chi connectivity index (χ0n) is 16.1. The van der Waals surface area contributed by atoms with E-state index in [0.717, 1.165) is 11.4 Å². The van der Waals surface area contributed by atoms with Crippen LogP contribution in [0.3, 0.4) is 0 Å². The van der Waals surface area contributed by atoms with Crippen LogP contribution in [0, 0.1) is 4.77 Å².